The number of thioether (sulfide) groups is 1. The Morgan fingerprint density at radius 2 is 1.02 bits per heavy atom. The van der Waals surface area contributed by atoms with Crippen LogP contribution in [0.15, 0.2) is 129 Å². The van der Waals surface area contributed by atoms with Crippen molar-refractivity contribution in [1.29, 1.82) is 10.8 Å². The number of rotatable bonds is 25. The van der Waals surface area contributed by atoms with E-state index in [4.69, 9.17) is 28.0 Å². The minimum atomic E-state index is -1.86. The summed E-state index contributed by atoms with van der Waals surface area (Å²) in [5.74, 6) is -16.1. The molecule has 4 heterocycles. The number of amides is 14. The van der Waals surface area contributed by atoms with Crippen LogP contribution >= 0.6 is 11.8 Å². The third-order valence-corrected chi connectivity index (χ3v) is 20.8. The molecule has 0 saturated carbocycles. The van der Waals surface area contributed by atoms with Crippen LogP contribution in [0.25, 0.3) is 10.8 Å². The number of H-pyrrole nitrogens is 2. The maximum absolute atomic E-state index is 15.4. The number of guanidine groups is 2. The maximum Gasteiger partial charge on any atom is 0.245 e. The topological polar surface area (TPSA) is 672 Å². The van der Waals surface area contributed by atoms with Crippen molar-refractivity contribution in [2.45, 2.75) is 144 Å². The van der Waals surface area contributed by atoms with Gasteiger partial charge in [0.05, 0.1) is 55.8 Å². The summed E-state index contributed by atoms with van der Waals surface area (Å²) in [6, 6.07) is 5.76. The number of carbonyl (C=O) groups is 14. The van der Waals surface area contributed by atoms with Crippen molar-refractivity contribution in [2.24, 2.45) is 24.2 Å². The van der Waals surface area contributed by atoms with Crippen molar-refractivity contribution in [3.05, 3.63) is 162 Å². The average molecular weight is 1720 g/mol. The van der Waals surface area contributed by atoms with Gasteiger partial charge in [0.25, 0.3) is 0 Å². The number of nitrogens with zero attached hydrogens (tertiary/aromatic N) is 5. The van der Waals surface area contributed by atoms with E-state index in [0.717, 1.165) is 22.0 Å². The number of hydrogen-bond acceptors (Lipinski definition) is 23. The van der Waals surface area contributed by atoms with Crippen LogP contribution in [0, 0.1) is 10.8 Å². The Kier molecular flexibility index (Phi) is 36.0. The summed E-state index contributed by atoms with van der Waals surface area (Å²) in [7, 11) is 2.80. The second-order valence-electron chi connectivity index (χ2n) is 29.0. The van der Waals surface area contributed by atoms with Gasteiger partial charge in [-0.05, 0) is 83.8 Å². The number of phenols is 2. The van der Waals surface area contributed by atoms with Crippen LogP contribution in [0.3, 0.4) is 0 Å². The Morgan fingerprint density at radius 1 is 0.528 bits per heavy atom. The highest BCUT2D eigenvalue weighted by atomic mass is 32.2. The van der Waals surface area contributed by atoms with Crippen LogP contribution in [-0.4, -0.2) is 262 Å². The van der Waals surface area contributed by atoms with Crippen LogP contribution in [0.2, 0.25) is 0 Å². The van der Waals surface area contributed by atoms with E-state index in [1.54, 1.807) is 44.3 Å². The Labute approximate surface area is 709 Å². The number of aryl methyl sites for hydroxylation is 1. The second kappa shape index (κ2) is 47.0. The predicted octanol–water partition coefficient (Wildman–Crippen LogP) is -5.74. The molecule has 1 aliphatic heterocycles. The number of aliphatic hydroxyl groups is 1. The molecule has 0 unspecified atom stereocenters. The summed E-state index contributed by atoms with van der Waals surface area (Å²) in [6.45, 7) is -1.29. The molecule has 3 aromatic heterocycles. The largest absolute Gasteiger partial charge is 0.508 e. The van der Waals surface area contributed by atoms with Gasteiger partial charge in [0, 0.05) is 95.7 Å². The number of aliphatic hydroxyl groups excluding tert-OH is 1. The molecule has 123 heavy (non-hydrogen) atoms. The van der Waals surface area contributed by atoms with Crippen LogP contribution < -0.4 is 91.6 Å². The first-order valence-corrected chi connectivity index (χ1v) is 40.4. The molecule has 11 atom stereocenters. The smallest absolute Gasteiger partial charge is 0.245 e. The minimum Gasteiger partial charge on any atom is -0.508 e. The van der Waals surface area contributed by atoms with Crippen molar-refractivity contribution in [2.75, 3.05) is 51.3 Å². The van der Waals surface area contributed by atoms with Gasteiger partial charge < -0.3 is 126 Å². The van der Waals surface area contributed by atoms with E-state index in [1.807, 2.05) is 12.1 Å². The highest BCUT2D eigenvalue weighted by molar-refractivity contribution is 8.00. The number of aromatic amines is 2. The van der Waals surface area contributed by atoms with Crippen LogP contribution in [0.4, 0.5) is 0 Å². The molecule has 0 bridgehead atoms. The van der Waals surface area contributed by atoms with Gasteiger partial charge >= 0.3 is 0 Å². The molecule has 4 aromatic carbocycles. The van der Waals surface area contributed by atoms with Crippen LogP contribution in [0.5, 0.6) is 11.5 Å². The number of aromatic hydroxyl groups is 2. The molecule has 7 aromatic rings. The van der Waals surface area contributed by atoms with Gasteiger partial charge in [0.2, 0.25) is 82.7 Å². The fourth-order valence-corrected chi connectivity index (χ4v) is 14.0. The number of nitrogens with one attached hydrogen (secondary N) is 18. The fraction of sp³-hybridized carbons (Fsp3) is 0.405. The SMILES string of the molecule is CC[C@@H]1NC(=O)[C@H](Cc2ccc(O)cc2)NC(=O)CSC[C@@H](C(=O)NCC(N)=O)NC(=O)[C@H](Cc2cncn2C)NC(=O)[C@H](CCCNC(=N)N)NC(=O)[C@H](Cc2c[nH]cn2)NC(=O)[C@H](Cc2ccc(O)cc2)N(C)C(=O)[C@H](CCCNC(=N)N)NC(=O)[C@H](CO)NC(=O)CNC(=O)[C@H](Cc2c[nH]cn2)NC(=O)[C@H](Cc2cccc3ccccc23)NC1=O. The average Bonchev–Trinajstić information content (AvgIpc) is 1.25. The van der Waals surface area contributed by atoms with Crippen molar-refractivity contribution in [3.63, 3.8) is 0 Å². The number of benzene rings is 4. The highest BCUT2D eigenvalue weighted by Crippen LogP contribution is 2.22. The van der Waals surface area contributed by atoms with E-state index in [2.05, 4.69) is 99.4 Å². The zero-order valence-corrected chi connectivity index (χ0v) is 68.5. The Balaban J connectivity index is 1.20. The molecule has 14 amide bonds. The first-order valence-electron chi connectivity index (χ1n) is 39.2. The highest BCUT2D eigenvalue weighted by Gasteiger charge is 2.39. The third kappa shape index (κ3) is 29.9. The number of aromatic nitrogens is 6. The summed E-state index contributed by atoms with van der Waals surface area (Å²) in [5.41, 5.74) is 18.7. The summed E-state index contributed by atoms with van der Waals surface area (Å²) < 4.78 is 1.52. The van der Waals surface area contributed by atoms with Crippen molar-refractivity contribution in [3.8, 4) is 11.5 Å². The van der Waals surface area contributed by atoms with Gasteiger partial charge in [0.1, 0.15) is 78.0 Å². The molecule has 43 nitrogen and oxygen atoms in total. The van der Waals surface area contributed by atoms with E-state index in [-0.39, 0.29) is 100 Å². The summed E-state index contributed by atoms with van der Waals surface area (Å²) in [5, 5.41) is 84.6. The monoisotopic (exact) mass is 1720 g/mol. The lowest BCUT2D eigenvalue weighted by molar-refractivity contribution is -0.143. The molecule has 0 radical (unpaired) electrons. The Hall–Kier alpha value is -14.2. The number of fused-ring (bicyclic) bond motifs is 1. The molecule has 0 aliphatic carbocycles. The van der Waals surface area contributed by atoms with Gasteiger partial charge in [-0.2, -0.15) is 0 Å². The molecule has 44 heteroatoms. The lowest BCUT2D eigenvalue weighted by Gasteiger charge is -2.33. The number of phenolic OH excluding ortho intramolecular Hbond substituents is 2. The quantitative estimate of drug-likeness (QED) is 0.0144. The van der Waals surface area contributed by atoms with Crippen molar-refractivity contribution >= 4 is 117 Å². The fourth-order valence-electron chi connectivity index (χ4n) is 13.1. The summed E-state index contributed by atoms with van der Waals surface area (Å²) >= 11 is 0.766. The van der Waals surface area contributed by atoms with E-state index < -0.39 is 199 Å². The number of hydrogen-bond donors (Lipinski definition) is 24. The van der Waals surface area contributed by atoms with E-state index in [0.29, 0.717) is 27.8 Å². The molecular weight excluding hydrogens is 1620 g/mol. The minimum absolute atomic E-state index is 0.00439. The lowest BCUT2D eigenvalue weighted by atomic mass is 9.97. The molecule has 0 spiro atoms. The summed E-state index contributed by atoms with van der Waals surface area (Å²) in [6.07, 6.45) is 5.62. The van der Waals surface area contributed by atoms with E-state index in [1.165, 1.54) is 97.7 Å². The normalized spacial score (nSPS) is 21.7. The van der Waals surface area contributed by atoms with Gasteiger partial charge in [0.15, 0.2) is 11.9 Å². The number of primary amides is 1. The molecule has 1 saturated heterocycles. The molecule has 658 valence electrons. The first-order chi connectivity index (χ1) is 58.8. The lowest BCUT2D eigenvalue weighted by Crippen LogP contribution is -2.61. The maximum atomic E-state index is 15.4. The molecule has 1 aliphatic rings. The van der Waals surface area contributed by atoms with E-state index in [9.17, 15) is 53.7 Å². The zero-order valence-electron chi connectivity index (χ0n) is 67.6. The second-order valence-corrected chi connectivity index (χ2v) is 30.0. The standard InChI is InChI=1S/C79H104N26O17S/c1-4-53-69(114)99-57(28-46-12-7-11-45-10-5-6-13-52(45)46)72(117)100-58(29-47-32-85-40-92-47)67(112)91-36-65(110)95-61(37-106)75(120)98-55(15-9-25-89-79(83)84)77(122)105(3)63(27-44-18-22-51(108)23-19-44)76(121)102-59(30-48-33-86-41-93-48)73(118)97-54(14-8-24-88-78(81)82)70(115)101-60(31-49-34-87-42-104(49)2)74(119)103-62(68(113)90-35-64(80)109)38-123-39-66(111)94-56(71(116)96-53)26-43-16-20-50(107)21-17-43/h5-7,10-13,16-23,32-34,40-42,53-63,106-108H,4,8-9,14-15,24-31,35-39H2,1-3H3,(H2,80,109)(H,85,92)(H,86,93)(H,90,113)(H,91,112)(H,94,111)(H,95,110)(H,96,116)(H,97,118)(H,98,120)(H,99,114)(H,100,117)(H,101,115)(H,102,121)(H,103,119)(H4,81,82,88)(H4,83,84,89)/t53-,54-,55-,56-,57-,58-,59-,60-,61-,62-,63-/m0/s1. The number of carbonyl (C=O) groups excluding carboxylic acids is 14. The molecular formula is C79H104N26O17S. The summed E-state index contributed by atoms with van der Waals surface area (Å²) in [4.78, 5) is 223. The predicted molar refractivity (Wildman–Crippen MR) is 447 cm³/mol. The Morgan fingerprint density at radius 3 is 1.58 bits per heavy atom. The Bertz CT molecular complexity index is 4840. The van der Waals surface area contributed by atoms with Crippen LogP contribution in [0.1, 0.15) is 72.8 Å². The van der Waals surface area contributed by atoms with Crippen molar-refractivity contribution in [1.82, 2.24) is 109 Å². The number of nitrogens with two attached hydrogens (primary N) is 3. The third-order valence-electron chi connectivity index (χ3n) is 19.7. The van der Waals surface area contributed by atoms with Crippen molar-refractivity contribution < 1.29 is 82.4 Å². The number of likely N-dealkylation sites (N-methyl/N-ethyl adjacent to an activating group) is 1. The van der Waals surface area contributed by atoms with Gasteiger partial charge in [-0.25, -0.2) is 15.0 Å². The van der Waals surface area contributed by atoms with Gasteiger partial charge in [-0.1, -0.05) is 73.7 Å². The zero-order chi connectivity index (χ0) is 89.2. The van der Waals surface area contributed by atoms with Crippen LogP contribution in [-0.2, 0) is 113 Å². The van der Waals surface area contributed by atoms with Gasteiger partial charge in [-0.15, -0.1) is 11.8 Å². The van der Waals surface area contributed by atoms with E-state index >= 15 is 28.8 Å². The first kappa shape index (κ1) is 94.3. The number of imidazole rings is 3. The molecule has 1 fully saturated rings. The molecule has 8 rings (SSSR count). The van der Waals surface area contributed by atoms with Gasteiger partial charge in [-0.3, -0.25) is 77.9 Å². The molecule has 27 N–H and O–H groups in total.